The molecule has 5 rings (SSSR count). The van der Waals surface area contributed by atoms with Gasteiger partial charge in [-0.3, -0.25) is 4.79 Å². The maximum absolute atomic E-state index is 12.6. The molecule has 4 aliphatic carbocycles. The predicted octanol–water partition coefficient (Wildman–Crippen LogP) is 3.77. The standard InChI is InChI=1S/C22H30N2O4/c1-26-17-7-19(27-2)18(20(8-17)28-3)13-23-24-21(25)12-22-9-14-4-15(10-22)6-16(5-14)11-22/h7-8,13-16H,4-6,9-12H2,1-3H3,(H,24,25)/b23-13-. The van der Waals surface area contributed by atoms with Crippen molar-refractivity contribution in [2.45, 2.75) is 44.9 Å². The van der Waals surface area contributed by atoms with E-state index in [1.807, 2.05) is 0 Å². The Morgan fingerprint density at radius 3 is 2.04 bits per heavy atom. The van der Waals surface area contributed by atoms with E-state index in [-0.39, 0.29) is 11.3 Å². The summed E-state index contributed by atoms with van der Waals surface area (Å²) in [6, 6.07) is 3.53. The second-order valence-corrected chi connectivity index (χ2v) is 8.83. The zero-order valence-corrected chi connectivity index (χ0v) is 17.0. The van der Waals surface area contributed by atoms with Crippen molar-refractivity contribution in [2.24, 2.45) is 28.3 Å². The van der Waals surface area contributed by atoms with E-state index in [1.54, 1.807) is 39.7 Å². The minimum absolute atomic E-state index is 0.00430. The highest BCUT2D eigenvalue weighted by Crippen LogP contribution is 2.61. The molecule has 6 heteroatoms. The minimum atomic E-state index is 0.00430. The summed E-state index contributed by atoms with van der Waals surface area (Å²) in [6.45, 7) is 0. The molecule has 1 aromatic carbocycles. The fraction of sp³-hybridized carbons (Fsp3) is 0.636. The van der Waals surface area contributed by atoms with Crippen LogP contribution in [0.4, 0.5) is 0 Å². The summed E-state index contributed by atoms with van der Waals surface area (Å²) in [6.07, 6.45) is 9.98. The Balaban J connectivity index is 1.42. The Morgan fingerprint density at radius 2 is 1.57 bits per heavy atom. The lowest BCUT2D eigenvalue weighted by molar-refractivity contribution is -0.129. The van der Waals surface area contributed by atoms with Crippen molar-refractivity contribution in [3.05, 3.63) is 17.7 Å². The lowest BCUT2D eigenvalue weighted by atomic mass is 9.49. The molecule has 1 N–H and O–H groups in total. The van der Waals surface area contributed by atoms with Crippen molar-refractivity contribution < 1.29 is 19.0 Å². The molecular weight excluding hydrogens is 356 g/mol. The van der Waals surface area contributed by atoms with Gasteiger partial charge in [0.1, 0.15) is 17.2 Å². The lowest BCUT2D eigenvalue weighted by Crippen LogP contribution is -2.47. The quantitative estimate of drug-likeness (QED) is 0.572. The van der Waals surface area contributed by atoms with Crippen LogP contribution in [0.25, 0.3) is 0 Å². The fourth-order valence-corrected chi connectivity index (χ4v) is 6.22. The van der Waals surface area contributed by atoms with Crippen molar-refractivity contribution in [1.29, 1.82) is 0 Å². The first kappa shape index (κ1) is 19.1. The van der Waals surface area contributed by atoms with E-state index in [4.69, 9.17) is 14.2 Å². The summed E-state index contributed by atoms with van der Waals surface area (Å²) in [7, 11) is 4.75. The van der Waals surface area contributed by atoms with Gasteiger partial charge in [0.25, 0.3) is 0 Å². The molecule has 4 bridgehead atoms. The Hall–Kier alpha value is -2.24. The van der Waals surface area contributed by atoms with Gasteiger partial charge in [-0.05, 0) is 61.7 Å². The van der Waals surface area contributed by atoms with Gasteiger partial charge in [0.15, 0.2) is 0 Å². The first-order valence-corrected chi connectivity index (χ1v) is 10.2. The normalized spacial score (nSPS) is 30.5. The number of hydrogen-bond donors (Lipinski definition) is 1. The van der Waals surface area contributed by atoms with Crippen molar-refractivity contribution in [3.8, 4) is 17.2 Å². The summed E-state index contributed by atoms with van der Waals surface area (Å²) >= 11 is 0. The molecule has 0 atom stereocenters. The number of amides is 1. The number of carbonyl (C=O) groups is 1. The molecule has 4 aliphatic rings. The van der Waals surface area contributed by atoms with Crippen molar-refractivity contribution in [2.75, 3.05) is 21.3 Å². The van der Waals surface area contributed by atoms with Crippen LogP contribution in [-0.2, 0) is 4.79 Å². The smallest absolute Gasteiger partial charge is 0.240 e. The highest BCUT2D eigenvalue weighted by atomic mass is 16.5. The van der Waals surface area contributed by atoms with Crippen LogP contribution >= 0.6 is 0 Å². The monoisotopic (exact) mass is 386 g/mol. The SMILES string of the molecule is COc1cc(OC)c(/C=N\NC(=O)CC23CC4CC(CC(C4)C2)C3)c(OC)c1. The first-order valence-electron chi connectivity index (χ1n) is 10.2. The van der Waals surface area contributed by atoms with Gasteiger partial charge in [0.2, 0.25) is 5.91 Å². The van der Waals surface area contributed by atoms with Crippen LogP contribution in [0.5, 0.6) is 17.2 Å². The van der Waals surface area contributed by atoms with Crippen molar-refractivity contribution in [3.63, 3.8) is 0 Å². The molecule has 0 spiro atoms. The molecule has 6 nitrogen and oxygen atoms in total. The highest BCUT2D eigenvalue weighted by molar-refractivity contribution is 5.89. The largest absolute Gasteiger partial charge is 0.496 e. The van der Waals surface area contributed by atoms with Crippen molar-refractivity contribution in [1.82, 2.24) is 5.43 Å². The Morgan fingerprint density at radius 1 is 1.04 bits per heavy atom. The van der Waals surface area contributed by atoms with E-state index >= 15 is 0 Å². The molecule has 152 valence electrons. The third-order valence-electron chi connectivity index (χ3n) is 6.84. The molecule has 0 unspecified atom stereocenters. The molecule has 1 amide bonds. The second kappa shape index (κ2) is 7.64. The predicted molar refractivity (Wildman–Crippen MR) is 107 cm³/mol. The van der Waals surface area contributed by atoms with Gasteiger partial charge in [0, 0.05) is 18.6 Å². The summed E-state index contributed by atoms with van der Waals surface area (Å²) < 4.78 is 16.1. The molecule has 0 radical (unpaired) electrons. The highest BCUT2D eigenvalue weighted by Gasteiger charge is 2.51. The molecule has 4 saturated carbocycles. The van der Waals surface area contributed by atoms with Crippen LogP contribution in [0.2, 0.25) is 0 Å². The molecule has 1 aromatic rings. The number of ether oxygens (including phenoxy) is 3. The van der Waals surface area contributed by atoms with Gasteiger partial charge in [-0.2, -0.15) is 5.10 Å². The maximum atomic E-state index is 12.6. The second-order valence-electron chi connectivity index (χ2n) is 8.83. The van der Waals surface area contributed by atoms with E-state index in [0.717, 1.165) is 17.8 Å². The minimum Gasteiger partial charge on any atom is -0.496 e. The Kier molecular flexibility index (Phi) is 5.21. The van der Waals surface area contributed by atoms with Crippen LogP contribution in [-0.4, -0.2) is 33.5 Å². The zero-order valence-electron chi connectivity index (χ0n) is 17.0. The van der Waals surface area contributed by atoms with E-state index < -0.39 is 0 Å². The van der Waals surface area contributed by atoms with E-state index in [1.165, 1.54) is 38.5 Å². The average molecular weight is 386 g/mol. The van der Waals surface area contributed by atoms with Gasteiger partial charge in [-0.15, -0.1) is 0 Å². The molecular formula is C22H30N2O4. The summed E-state index contributed by atoms with van der Waals surface area (Å²) in [5.41, 5.74) is 3.61. The maximum Gasteiger partial charge on any atom is 0.240 e. The van der Waals surface area contributed by atoms with Crippen LogP contribution in [0.15, 0.2) is 17.2 Å². The van der Waals surface area contributed by atoms with Gasteiger partial charge in [-0.1, -0.05) is 0 Å². The van der Waals surface area contributed by atoms with Gasteiger partial charge in [0.05, 0.1) is 33.1 Å². The number of methoxy groups -OCH3 is 3. The van der Waals surface area contributed by atoms with Crippen LogP contribution in [0, 0.1) is 23.2 Å². The van der Waals surface area contributed by atoms with Gasteiger partial charge < -0.3 is 14.2 Å². The molecule has 0 aromatic heterocycles. The number of benzene rings is 1. The van der Waals surface area contributed by atoms with E-state index in [9.17, 15) is 4.79 Å². The number of hydrogen-bond acceptors (Lipinski definition) is 5. The van der Waals surface area contributed by atoms with Crippen molar-refractivity contribution >= 4 is 12.1 Å². The zero-order chi connectivity index (χ0) is 19.7. The number of nitrogens with one attached hydrogen (secondary N) is 1. The summed E-state index contributed by atoms with van der Waals surface area (Å²) in [5.74, 6) is 4.33. The Labute approximate surface area is 166 Å². The third kappa shape index (κ3) is 3.69. The molecule has 28 heavy (non-hydrogen) atoms. The van der Waals surface area contributed by atoms with Crippen LogP contribution < -0.4 is 19.6 Å². The first-order chi connectivity index (χ1) is 13.5. The Bertz CT molecular complexity index is 714. The topological polar surface area (TPSA) is 69.2 Å². The molecule has 0 saturated heterocycles. The number of carbonyl (C=O) groups excluding carboxylic acids is 1. The van der Waals surface area contributed by atoms with Gasteiger partial charge in [-0.25, -0.2) is 5.43 Å². The van der Waals surface area contributed by atoms with Crippen LogP contribution in [0.3, 0.4) is 0 Å². The van der Waals surface area contributed by atoms with E-state index in [0.29, 0.717) is 29.2 Å². The number of rotatable bonds is 7. The number of nitrogens with zero attached hydrogens (tertiary/aromatic N) is 1. The summed E-state index contributed by atoms with van der Waals surface area (Å²) in [5, 5.41) is 4.19. The van der Waals surface area contributed by atoms with Crippen LogP contribution in [0.1, 0.15) is 50.5 Å². The molecule has 0 heterocycles. The van der Waals surface area contributed by atoms with E-state index in [2.05, 4.69) is 10.5 Å². The fourth-order valence-electron chi connectivity index (χ4n) is 6.22. The third-order valence-corrected chi connectivity index (χ3v) is 6.84. The summed E-state index contributed by atoms with van der Waals surface area (Å²) in [4.78, 5) is 12.6. The molecule has 0 aliphatic heterocycles. The molecule has 4 fully saturated rings. The average Bonchev–Trinajstić information content (AvgIpc) is 2.66. The lowest BCUT2D eigenvalue weighted by Gasteiger charge is -2.56. The number of hydrazone groups is 1. The van der Waals surface area contributed by atoms with Gasteiger partial charge >= 0.3 is 0 Å².